The fraction of sp³-hybridized carbons (Fsp3) is 0.364. The molecule has 0 atom stereocenters. The minimum atomic E-state index is -0.272. The van der Waals surface area contributed by atoms with Crippen molar-refractivity contribution in [1.29, 1.82) is 0 Å². The zero-order chi connectivity index (χ0) is 22.8. The molecular formula is C22H24N4O4Se2. The average molecular weight is 566 g/mol. The zero-order valence-electron chi connectivity index (χ0n) is 17.9. The molecule has 168 valence electrons. The first-order chi connectivity index (χ1) is 15.6. The van der Waals surface area contributed by atoms with Crippen molar-refractivity contribution >= 4 is 63.9 Å². The fourth-order valence-corrected chi connectivity index (χ4v) is 4.77. The Labute approximate surface area is 198 Å². The molecule has 0 aliphatic rings. The summed E-state index contributed by atoms with van der Waals surface area (Å²) in [5.74, 6) is -0.545. The van der Waals surface area contributed by atoms with Crippen LogP contribution in [0.3, 0.4) is 0 Å². The number of fused-ring (bicyclic) bond motifs is 2. The second kappa shape index (κ2) is 12.6. The summed E-state index contributed by atoms with van der Waals surface area (Å²) in [6.07, 6.45) is 3.85. The van der Waals surface area contributed by atoms with E-state index in [1.54, 1.807) is 24.3 Å². The van der Waals surface area contributed by atoms with Crippen molar-refractivity contribution in [3.05, 3.63) is 47.5 Å². The van der Waals surface area contributed by atoms with Gasteiger partial charge in [-0.1, -0.05) is 0 Å². The standard InChI is InChI=1S/2C11H12N2O2Se/c2*1-2-3-6-15-11(14)8-4-5-9-10(7-8)13-16-12-9/h2*4-5,7H,2-3,6H2,1H3. The molecule has 4 rings (SSSR count). The Balaban J connectivity index is 0.000000181. The summed E-state index contributed by atoms with van der Waals surface area (Å²) < 4.78 is 27.1. The van der Waals surface area contributed by atoms with Gasteiger partial charge in [0.05, 0.1) is 0 Å². The van der Waals surface area contributed by atoms with Crippen molar-refractivity contribution < 1.29 is 19.1 Å². The number of unbranched alkanes of at least 4 members (excludes halogenated alkanes) is 2. The molecule has 2 heterocycles. The molecule has 0 radical (unpaired) electrons. The first kappa shape index (κ1) is 24.3. The van der Waals surface area contributed by atoms with E-state index in [1.807, 2.05) is 12.1 Å². The number of nitrogens with zero attached hydrogens (tertiary/aromatic N) is 4. The van der Waals surface area contributed by atoms with Crippen molar-refractivity contribution in [2.45, 2.75) is 39.5 Å². The van der Waals surface area contributed by atoms with E-state index in [0.29, 0.717) is 24.3 Å². The molecule has 0 amide bonds. The molecule has 0 fully saturated rings. The molecular weight excluding hydrogens is 542 g/mol. The quantitative estimate of drug-likeness (QED) is 0.182. The second-order valence-electron chi connectivity index (χ2n) is 6.91. The molecule has 0 aliphatic heterocycles. The summed E-state index contributed by atoms with van der Waals surface area (Å²) in [6.45, 7) is 5.09. The van der Waals surface area contributed by atoms with E-state index in [2.05, 4.69) is 29.8 Å². The van der Waals surface area contributed by atoms with Crippen LogP contribution in [0.1, 0.15) is 60.2 Å². The number of aromatic nitrogens is 4. The van der Waals surface area contributed by atoms with Crippen LogP contribution in [0.5, 0.6) is 0 Å². The van der Waals surface area contributed by atoms with Gasteiger partial charge in [-0.15, -0.1) is 0 Å². The van der Waals surface area contributed by atoms with E-state index in [4.69, 9.17) is 9.47 Å². The Hall–Kier alpha value is -2.38. The van der Waals surface area contributed by atoms with Crippen molar-refractivity contribution in [3.8, 4) is 0 Å². The second-order valence-corrected chi connectivity index (χ2v) is 9.13. The van der Waals surface area contributed by atoms with E-state index in [1.165, 1.54) is 0 Å². The zero-order valence-corrected chi connectivity index (χ0v) is 21.4. The van der Waals surface area contributed by atoms with Crippen LogP contribution in [-0.4, -0.2) is 71.0 Å². The first-order valence-electron chi connectivity index (χ1n) is 10.4. The third kappa shape index (κ3) is 6.81. The van der Waals surface area contributed by atoms with E-state index in [9.17, 15) is 9.59 Å². The minimum absolute atomic E-state index is 0.0485. The van der Waals surface area contributed by atoms with Crippen molar-refractivity contribution in [2.24, 2.45) is 0 Å². The van der Waals surface area contributed by atoms with Gasteiger partial charge in [0.2, 0.25) is 0 Å². The summed E-state index contributed by atoms with van der Waals surface area (Å²) in [5.41, 5.74) is 4.50. The molecule has 0 spiro atoms. The van der Waals surface area contributed by atoms with Gasteiger partial charge >= 0.3 is 199 Å². The SMILES string of the molecule is CCCCOC(=O)c1ccc2n[se]nc2c1.CCCCOC(=O)c1ccc2n[se]nc2c1. The van der Waals surface area contributed by atoms with Crippen molar-refractivity contribution in [1.82, 2.24) is 15.9 Å². The van der Waals surface area contributed by atoms with Crippen LogP contribution in [-0.2, 0) is 9.47 Å². The summed E-state index contributed by atoms with van der Waals surface area (Å²) in [7, 11) is 0. The van der Waals surface area contributed by atoms with Crippen molar-refractivity contribution in [2.75, 3.05) is 13.2 Å². The number of esters is 2. The Morgan fingerprint density at radius 3 is 1.50 bits per heavy atom. The normalized spacial score (nSPS) is 10.6. The number of hydrogen-bond donors (Lipinski definition) is 0. The van der Waals surface area contributed by atoms with Crippen LogP contribution < -0.4 is 0 Å². The number of ether oxygens (including phenoxy) is 2. The molecule has 2 aromatic carbocycles. The number of rotatable bonds is 8. The monoisotopic (exact) mass is 568 g/mol. The fourth-order valence-electron chi connectivity index (χ4n) is 2.60. The maximum absolute atomic E-state index is 11.6. The van der Waals surface area contributed by atoms with Crippen LogP contribution in [0, 0.1) is 0 Å². The molecule has 32 heavy (non-hydrogen) atoms. The molecule has 0 saturated carbocycles. The van der Waals surface area contributed by atoms with Gasteiger partial charge in [0.15, 0.2) is 0 Å². The van der Waals surface area contributed by atoms with Crippen LogP contribution >= 0.6 is 0 Å². The summed E-state index contributed by atoms with van der Waals surface area (Å²) in [6, 6.07) is 10.6. The average Bonchev–Trinajstić information content (AvgIpc) is 3.48. The molecule has 0 saturated heterocycles. The van der Waals surface area contributed by atoms with Gasteiger partial charge in [-0.25, -0.2) is 0 Å². The molecule has 4 aromatic rings. The number of carbonyl (C=O) groups excluding carboxylic acids is 2. The van der Waals surface area contributed by atoms with Crippen LogP contribution in [0.4, 0.5) is 0 Å². The van der Waals surface area contributed by atoms with Gasteiger partial charge in [-0.2, -0.15) is 0 Å². The third-order valence-electron chi connectivity index (χ3n) is 4.44. The van der Waals surface area contributed by atoms with E-state index in [0.717, 1.165) is 47.8 Å². The Kier molecular flexibility index (Phi) is 9.56. The van der Waals surface area contributed by atoms with Gasteiger partial charge in [-0.3, -0.25) is 0 Å². The van der Waals surface area contributed by atoms with E-state index >= 15 is 0 Å². The molecule has 8 nitrogen and oxygen atoms in total. The van der Waals surface area contributed by atoms with Gasteiger partial charge in [0, 0.05) is 0 Å². The molecule has 0 bridgehead atoms. The number of carbonyl (C=O) groups is 2. The van der Waals surface area contributed by atoms with Crippen LogP contribution in [0.25, 0.3) is 22.1 Å². The van der Waals surface area contributed by atoms with E-state index < -0.39 is 0 Å². The van der Waals surface area contributed by atoms with E-state index in [-0.39, 0.29) is 41.9 Å². The Bertz CT molecular complexity index is 1080. The number of benzene rings is 2. The van der Waals surface area contributed by atoms with Crippen molar-refractivity contribution in [3.63, 3.8) is 0 Å². The molecule has 0 unspecified atom stereocenters. The maximum atomic E-state index is 11.6. The molecule has 10 heteroatoms. The summed E-state index contributed by atoms with van der Waals surface area (Å²) in [4.78, 5) is 23.3. The van der Waals surface area contributed by atoms with Gasteiger partial charge in [-0.05, 0) is 0 Å². The third-order valence-corrected chi connectivity index (χ3v) is 6.78. The first-order valence-corrected chi connectivity index (χ1v) is 13.5. The summed E-state index contributed by atoms with van der Waals surface area (Å²) in [5, 5.41) is 0. The van der Waals surface area contributed by atoms with Gasteiger partial charge in [0.25, 0.3) is 0 Å². The topological polar surface area (TPSA) is 104 Å². The predicted octanol–water partition coefficient (Wildman–Crippen LogP) is 3.29. The molecule has 2 aromatic heterocycles. The Morgan fingerprint density at radius 1 is 0.688 bits per heavy atom. The van der Waals surface area contributed by atoms with Gasteiger partial charge in [0.1, 0.15) is 0 Å². The van der Waals surface area contributed by atoms with Crippen LogP contribution in [0.15, 0.2) is 36.4 Å². The van der Waals surface area contributed by atoms with Crippen LogP contribution in [0.2, 0.25) is 0 Å². The summed E-state index contributed by atoms with van der Waals surface area (Å²) >= 11 is -0.0971. The van der Waals surface area contributed by atoms with Gasteiger partial charge < -0.3 is 0 Å². The number of hydrogen-bond acceptors (Lipinski definition) is 8. The Morgan fingerprint density at radius 2 is 1.09 bits per heavy atom. The molecule has 0 N–H and O–H groups in total. The molecule has 0 aliphatic carbocycles. The predicted molar refractivity (Wildman–Crippen MR) is 123 cm³/mol.